The zero-order chi connectivity index (χ0) is 47.2. The van der Waals surface area contributed by atoms with E-state index in [-0.39, 0.29) is 13.4 Å². The molecule has 0 atom stereocenters. The van der Waals surface area contributed by atoms with Gasteiger partial charge in [-0.15, -0.1) is 0 Å². The molecular formula is C64H48B2N2O2. The van der Waals surface area contributed by atoms with Crippen LogP contribution in [0, 0.1) is 55.4 Å². The molecule has 0 fully saturated rings. The maximum atomic E-state index is 6.92. The number of nitrogens with zero attached hydrogens (tertiary/aromatic N) is 2. The number of aryl methyl sites for hydroxylation is 8. The third-order valence-corrected chi connectivity index (χ3v) is 16.3. The van der Waals surface area contributed by atoms with Gasteiger partial charge in [-0.1, -0.05) is 154 Å². The smallest absolute Gasteiger partial charge is 0.248 e. The Morgan fingerprint density at radius 3 is 1.11 bits per heavy atom. The molecule has 0 radical (unpaired) electrons. The lowest BCUT2D eigenvalue weighted by atomic mass is 9.32. The van der Waals surface area contributed by atoms with E-state index in [2.05, 4.69) is 211 Å². The number of rotatable bonds is 2. The minimum absolute atomic E-state index is 0.0797. The fourth-order valence-corrected chi connectivity index (χ4v) is 13.8. The summed E-state index contributed by atoms with van der Waals surface area (Å²) in [7, 11) is 0. The fourth-order valence-electron chi connectivity index (χ4n) is 13.8. The molecule has 0 bridgehead atoms. The van der Waals surface area contributed by atoms with Crippen LogP contribution in [0.15, 0.2) is 154 Å². The molecule has 0 saturated carbocycles. The molecule has 2 aromatic heterocycles. The van der Waals surface area contributed by atoms with Gasteiger partial charge in [-0.3, -0.25) is 0 Å². The Morgan fingerprint density at radius 2 is 0.700 bits per heavy atom. The lowest BCUT2D eigenvalue weighted by Crippen LogP contribution is -2.62. The van der Waals surface area contributed by atoms with Gasteiger partial charge in [0.1, 0.15) is 22.3 Å². The topological polar surface area (TPSA) is 32.8 Å². The molecule has 15 rings (SSSR count). The summed E-state index contributed by atoms with van der Waals surface area (Å²) in [6.45, 7) is 17.9. The van der Waals surface area contributed by atoms with E-state index in [9.17, 15) is 0 Å². The zero-order valence-electron chi connectivity index (χ0n) is 40.7. The van der Waals surface area contributed by atoms with Crippen LogP contribution < -0.4 is 42.6 Å². The number of benzene rings is 10. The number of furan rings is 2. The Kier molecular flexibility index (Phi) is 7.91. The predicted molar refractivity (Wildman–Crippen MR) is 299 cm³/mol. The van der Waals surface area contributed by atoms with E-state index in [1.54, 1.807) is 0 Å². The van der Waals surface area contributed by atoms with Crippen molar-refractivity contribution in [1.29, 1.82) is 0 Å². The number of hydrogen-bond acceptors (Lipinski definition) is 4. The van der Waals surface area contributed by atoms with Crippen molar-refractivity contribution < 1.29 is 8.83 Å². The normalized spacial score (nSPS) is 13.6. The van der Waals surface area contributed by atoms with Gasteiger partial charge in [-0.2, -0.15) is 0 Å². The molecule has 4 nitrogen and oxygen atoms in total. The fraction of sp³-hybridized carbons (Fsp3) is 0.125. The van der Waals surface area contributed by atoms with Crippen LogP contribution in [0.1, 0.15) is 44.5 Å². The molecule has 0 spiro atoms. The minimum Gasteiger partial charge on any atom is -0.456 e. The van der Waals surface area contributed by atoms with Gasteiger partial charge in [0.2, 0.25) is 13.4 Å². The van der Waals surface area contributed by atoms with Gasteiger partial charge < -0.3 is 18.6 Å². The molecule has 0 amide bonds. The molecule has 0 unspecified atom stereocenters. The second-order valence-electron chi connectivity index (χ2n) is 20.9. The van der Waals surface area contributed by atoms with Gasteiger partial charge in [0.25, 0.3) is 0 Å². The first-order valence-corrected chi connectivity index (χ1v) is 24.8. The lowest BCUT2D eigenvalue weighted by molar-refractivity contribution is 0.668. The summed E-state index contributed by atoms with van der Waals surface area (Å²) in [4.78, 5) is 5.28. The molecule has 10 aromatic carbocycles. The van der Waals surface area contributed by atoms with Crippen LogP contribution in [0.4, 0.5) is 34.1 Å². The third-order valence-electron chi connectivity index (χ3n) is 16.3. The molecule has 0 aliphatic carbocycles. The second-order valence-corrected chi connectivity index (χ2v) is 20.9. The average Bonchev–Trinajstić information content (AvgIpc) is 3.87. The SMILES string of the molecule is Cc1cc(C)c(B2c3cc4c(cc3N3c5cc6ccccc6c6c5N(c5cc7oc8cc(C)ccc8c7cc5B6c5c(C)cc(C)cc5C)c5cc6ccccc6c2c53)oc2cc(C)ccc24)c(C)c1. The summed E-state index contributed by atoms with van der Waals surface area (Å²) < 4.78 is 13.8. The number of hydrogen-bond donors (Lipinski definition) is 0. The second kappa shape index (κ2) is 13.9. The summed E-state index contributed by atoms with van der Waals surface area (Å²) in [6.07, 6.45) is 0. The van der Waals surface area contributed by atoms with Crippen LogP contribution in [0.2, 0.25) is 0 Å². The quantitative estimate of drug-likeness (QED) is 0.162. The van der Waals surface area contributed by atoms with Gasteiger partial charge in [0, 0.05) is 45.1 Å². The van der Waals surface area contributed by atoms with Gasteiger partial charge in [0.15, 0.2) is 0 Å². The highest BCUT2D eigenvalue weighted by Gasteiger charge is 2.49. The first kappa shape index (κ1) is 40.0. The van der Waals surface area contributed by atoms with Gasteiger partial charge in [0.05, 0.1) is 22.7 Å². The highest BCUT2D eigenvalue weighted by atomic mass is 16.3. The maximum Gasteiger partial charge on any atom is 0.248 e. The Labute approximate surface area is 407 Å². The summed E-state index contributed by atoms with van der Waals surface area (Å²) in [6, 6.07) is 55.7. The van der Waals surface area contributed by atoms with E-state index in [1.165, 1.54) is 122 Å². The third kappa shape index (κ3) is 5.23. The molecule has 12 aromatic rings. The predicted octanol–water partition coefficient (Wildman–Crippen LogP) is 13.2. The van der Waals surface area contributed by atoms with Crippen LogP contribution in [-0.4, -0.2) is 13.4 Å². The Bertz CT molecular complexity index is 4060. The van der Waals surface area contributed by atoms with Crippen LogP contribution in [-0.2, 0) is 0 Å². The first-order valence-electron chi connectivity index (χ1n) is 24.8. The van der Waals surface area contributed by atoms with E-state index in [0.29, 0.717) is 0 Å². The number of fused-ring (bicyclic) bond motifs is 16. The average molecular weight is 899 g/mol. The molecule has 0 N–H and O–H groups in total. The van der Waals surface area contributed by atoms with Crippen molar-refractivity contribution in [1.82, 2.24) is 0 Å². The minimum atomic E-state index is -0.0797. The summed E-state index contributed by atoms with van der Waals surface area (Å²) >= 11 is 0. The lowest BCUT2D eigenvalue weighted by Gasteiger charge is -2.49. The van der Waals surface area contributed by atoms with E-state index < -0.39 is 0 Å². The van der Waals surface area contributed by atoms with Crippen molar-refractivity contribution in [2.45, 2.75) is 55.4 Å². The van der Waals surface area contributed by atoms with Crippen LogP contribution in [0.3, 0.4) is 0 Å². The van der Waals surface area contributed by atoms with Crippen molar-refractivity contribution in [3.8, 4) is 0 Å². The molecule has 0 saturated heterocycles. The largest absolute Gasteiger partial charge is 0.456 e. The Balaban J connectivity index is 1.16. The standard InChI is InChI=1S/C64H48B2N2O2/c1-33-17-19-45-47-29-49-51(31-57(47)69-55(45)25-33)67-53-27-41-13-10-12-16-44(41)62-64(53)68(54-28-42-14-9-11-15-43(42)61(63(54)67)65(49)59-37(5)21-35(3)22-38(59)6)52-32-58-48(46-20-18-34(2)26-56(46)70-58)30-50(52)66(62)60-39(7)23-36(4)24-40(60)8/h9-32H,1-8H3. The number of anilines is 6. The van der Waals surface area contributed by atoms with E-state index >= 15 is 0 Å². The van der Waals surface area contributed by atoms with Crippen LogP contribution in [0.5, 0.6) is 0 Å². The van der Waals surface area contributed by atoms with Crippen molar-refractivity contribution in [2.24, 2.45) is 0 Å². The Morgan fingerprint density at radius 1 is 0.314 bits per heavy atom. The molecule has 332 valence electrons. The first-order chi connectivity index (χ1) is 34.0. The molecule has 6 heteroatoms. The summed E-state index contributed by atoms with van der Waals surface area (Å²) in [5.41, 5.74) is 28.8. The van der Waals surface area contributed by atoms with Crippen molar-refractivity contribution >= 4 is 146 Å². The molecule has 70 heavy (non-hydrogen) atoms. The highest BCUT2D eigenvalue weighted by molar-refractivity contribution is 7.01. The van der Waals surface area contributed by atoms with E-state index in [4.69, 9.17) is 8.83 Å². The molecule has 3 aliphatic heterocycles. The maximum absolute atomic E-state index is 6.92. The molecule has 3 aliphatic rings. The Hall–Kier alpha value is -7.95. The summed E-state index contributed by atoms with van der Waals surface area (Å²) in [5, 5.41) is 9.56. The van der Waals surface area contributed by atoms with Crippen molar-refractivity contribution in [3.05, 3.63) is 190 Å². The molecular weight excluding hydrogens is 850 g/mol. The van der Waals surface area contributed by atoms with Gasteiger partial charge in [-0.25, -0.2) is 0 Å². The van der Waals surface area contributed by atoms with Crippen LogP contribution >= 0.6 is 0 Å². The van der Waals surface area contributed by atoms with Crippen LogP contribution in [0.25, 0.3) is 65.4 Å². The van der Waals surface area contributed by atoms with Gasteiger partial charge >= 0.3 is 0 Å². The highest BCUT2D eigenvalue weighted by Crippen LogP contribution is 2.57. The summed E-state index contributed by atoms with van der Waals surface area (Å²) in [5.74, 6) is 0. The monoisotopic (exact) mass is 898 g/mol. The van der Waals surface area contributed by atoms with Gasteiger partial charge in [-0.05, 0) is 134 Å². The van der Waals surface area contributed by atoms with E-state index in [1.807, 2.05) is 0 Å². The molecule has 5 heterocycles. The van der Waals surface area contributed by atoms with Crippen molar-refractivity contribution in [3.63, 3.8) is 0 Å². The van der Waals surface area contributed by atoms with Crippen molar-refractivity contribution in [2.75, 3.05) is 9.80 Å². The van der Waals surface area contributed by atoms with E-state index in [0.717, 1.165) is 55.3 Å². The zero-order valence-corrected chi connectivity index (χ0v) is 40.7.